The minimum atomic E-state index is 0.956. The average molecular weight is 296 g/mol. The summed E-state index contributed by atoms with van der Waals surface area (Å²) in [4.78, 5) is 14.2. The molecule has 4 rings (SSSR count). The van der Waals surface area contributed by atoms with Gasteiger partial charge in [0, 0.05) is 35.6 Å². The first kappa shape index (κ1) is 17.4. The molecule has 4 heterocycles. The first-order valence-corrected chi connectivity index (χ1v) is 7.70. The molecule has 4 nitrogen and oxygen atoms in total. The third-order valence-electron chi connectivity index (χ3n) is 2.64. The highest BCUT2D eigenvalue weighted by Crippen LogP contribution is 2.06. The number of nitrogens with zero attached hydrogens (tertiary/aromatic N) is 2. The van der Waals surface area contributed by atoms with E-state index in [0.717, 1.165) is 22.1 Å². The summed E-state index contributed by atoms with van der Waals surface area (Å²) in [5, 5.41) is 2.33. The average Bonchev–Trinajstić information content (AvgIpc) is 3.28. The summed E-state index contributed by atoms with van der Waals surface area (Å²) in [5.74, 6) is 0. The van der Waals surface area contributed by atoms with E-state index >= 15 is 0 Å². The van der Waals surface area contributed by atoms with E-state index in [4.69, 9.17) is 0 Å². The number of hydrogen-bond acceptors (Lipinski definition) is 2. The van der Waals surface area contributed by atoms with Gasteiger partial charge in [-0.1, -0.05) is 27.7 Å². The summed E-state index contributed by atoms with van der Waals surface area (Å²) in [7, 11) is 0. The van der Waals surface area contributed by atoms with E-state index in [1.807, 2.05) is 76.5 Å². The van der Waals surface area contributed by atoms with E-state index in [-0.39, 0.29) is 0 Å². The van der Waals surface area contributed by atoms with Crippen LogP contribution in [-0.2, 0) is 0 Å². The highest BCUT2D eigenvalue weighted by molar-refractivity contribution is 5.75. The molecule has 4 aromatic rings. The van der Waals surface area contributed by atoms with Gasteiger partial charge in [-0.05, 0) is 36.4 Å². The second-order valence-electron chi connectivity index (χ2n) is 3.84. The van der Waals surface area contributed by atoms with Crippen LogP contribution in [0.5, 0.6) is 0 Å². The van der Waals surface area contributed by atoms with Crippen LogP contribution in [0.25, 0.3) is 22.1 Å². The van der Waals surface area contributed by atoms with Crippen LogP contribution in [0.4, 0.5) is 0 Å². The quantitative estimate of drug-likeness (QED) is 0.470. The van der Waals surface area contributed by atoms with Gasteiger partial charge < -0.3 is 9.97 Å². The predicted molar refractivity (Wildman–Crippen MR) is 94.9 cm³/mol. The lowest BCUT2D eigenvalue weighted by atomic mass is 10.3. The Morgan fingerprint density at radius 1 is 0.636 bits per heavy atom. The molecule has 4 heteroatoms. The Balaban J connectivity index is 0.000000180. The molecule has 116 valence electrons. The standard InChI is InChI=1S/2C7H6N2.2C2H6/c2*1-2-6-3-5-9-7(6)8-4-1;2*1-2/h2*1-5H,(H,8,9);2*1-2H3. The van der Waals surface area contributed by atoms with Crippen LogP contribution in [0.3, 0.4) is 0 Å². The molecule has 22 heavy (non-hydrogen) atoms. The van der Waals surface area contributed by atoms with Crippen molar-refractivity contribution in [2.45, 2.75) is 27.7 Å². The van der Waals surface area contributed by atoms with Crippen LogP contribution in [0, 0.1) is 0 Å². The van der Waals surface area contributed by atoms with Crippen LogP contribution >= 0.6 is 0 Å². The van der Waals surface area contributed by atoms with Gasteiger partial charge in [0.1, 0.15) is 11.3 Å². The first-order chi connectivity index (χ1) is 10.9. The van der Waals surface area contributed by atoms with Crippen LogP contribution in [-0.4, -0.2) is 19.9 Å². The lowest BCUT2D eigenvalue weighted by molar-refractivity contribution is 1.33. The zero-order valence-electron chi connectivity index (χ0n) is 13.7. The summed E-state index contributed by atoms with van der Waals surface area (Å²) in [6.07, 6.45) is 7.33. The van der Waals surface area contributed by atoms with Gasteiger partial charge in [-0.2, -0.15) is 0 Å². The van der Waals surface area contributed by atoms with Crippen molar-refractivity contribution in [3.05, 3.63) is 61.2 Å². The van der Waals surface area contributed by atoms with Crippen molar-refractivity contribution in [3.63, 3.8) is 0 Å². The van der Waals surface area contributed by atoms with E-state index < -0.39 is 0 Å². The molecule has 4 aromatic heterocycles. The number of aromatic nitrogens is 4. The van der Waals surface area contributed by atoms with Crippen LogP contribution in [0.15, 0.2) is 61.2 Å². The van der Waals surface area contributed by atoms with Gasteiger partial charge >= 0.3 is 0 Å². The van der Waals surface area contributed by atoms with Gasteiger partial charge in [-0.15, -0.1) is 0 Å². The number of pyridine rings is 2. The minimum Gasteiger partial charge on any atom is -0.346 e. The zero-order valence-corrected chi connectivity index (χ0v) is 13.7. The molecule has 0 spiro atoms. The van der Waals surface area contributed by atoms with Crippen LogP contribution in [0.2, 0.25) is 0 Å². The number of nitrogens with one attached hydrogen (secondary N) is 2. The molecule has 0 aliphatic carbocycles. The van der Waals surface area contributed by atoms with Gasteiger partial charge in [0.05, 0.1) is 0 Å². The maximum absolute atomic E-state index is 4.09. The number of rotatable bonds is 0. The van der Waals surface area contributed by atoms with Gasteiger partial charge in [0.15, 0.2) is 0 Å². The molecular formula is C18H24N4. The maximum Gasteiger partial charge on any atom is 0.137 e. The molecule has 2 N–H and O–H groups in total. The van der Waals surface area contributed by atoms with Gasteiger partial charge in [-0.3, -0.25) is 0 Å². The SMILES string of the molecule is CC.CC.c1cnc2[nH]ccc2c1.c1cnc2[nH]ccc2c1. The lowest BCUT2D eigenvalue weighted by Gasteiger charge is -1.82. The minimum absolute atomic E-state index is 0.956. The largest absolute Gasteiger partial charge is 0.346 e. The van der Waals surface area contributed by atoms with Crippen molar-refractivity contribution < 1.29 is 0 Å². The Kier molecular flexibility index (Phi) is 8.05. The molecule has 0 amide bonds. The maximum atomic E-state index is 4.09. The second kappa shape index (κ2) is 10.2. The predicted octanol–water partition coefficient (Wildman–Crippen LogP) is 5.18. The Labute approximate surface area is 131 Å². The number of fused-ring (bicyclic) bond motifs is 2. The first-order valence-electron chi connectivity index (χ1n) is 7.70. The lowest BCUT2D eigenvalue weighted by Crippen LogP contribution is -1.70. The summed E-state index contributed by atoms with van der Waals surface area (Å²) < 4.78 is 0. The highest BCUT2D eigenvalue weighted by Gasteiger charge is 1.89. The topological polar surface area (TPSA) is 57.4 Å². The molecule has 0 aliphatic rings. The Morgan fingerprint density at radius 2 is 1.05 bits per heavy atom. The number of H-pyrrole nitrogens is 2. The van der Waals surface area contributed by atoms with Crippen molar-refractivity contribution in [1.82, 2.24) is 19.9 Å². The van der Waals surface area contributed by atoms with Gasteiger partial charge in [-0.25, -0.2) is 9.97 Å². The van der Waals surface area contributed by atoms with E-state index in [9.17, 15) is 0 Å². The third-order valence-corrected chi connectivity index (χ3v) is 2.64. The van der Waals surface area contributed by atoms with Crippen LogP contribution < -0.4 is 0 Å². The zero-order chi connectivity index (χ0) is 16.2. The third kappa shape index (κ3) is 4.74. The number of hydrogen-bond donors (Lipinski definition) is 2. The van der Waals surface area contributed by atoms with Crippen molar-refractivity contribution in [2.24, 2.45) is 0 Å². The molecule has 0 fully saturated rings. The smallest absolute Gasteiger partial charge is 0.137 e. The van der Waals surface area contributed by atoms with E-state index in [1.165, 1.54) is 0 Å². The Bertz CT molecular complexity index is 629. The molecular weight excluding hydrogens is 272 g/mol. The van der Waals surface area contributed by atoms with E-state index in [2.05, 4.69) is 19.9 Å². The monoisotopic (exact) mass is 296 g/mol. The highest BCUT2D eigenvalue weighted by atomic mass is 14.8. The van der Waals surface area contributed by atoms with E-state index in [1.54, 1.807) is 12.4 Å². The van der Waals surface area contributed by atoms with Gasteiger partial charge in [0.2, 0.25) is 0 Å². The van der Waals surface area contributed by atoms with Gasteiger partial charge in [0.25, 0.3) is 0 Å². The molecule has 0 saturated carbocycles. The summed E-state index contributed by atoms with van der Waals surface area (Å²) in [6, 6.07) is 11.9. The summed E-state index contributed by atoms with van der Waals surface area (Å²) in [5.41, 5.74) is 1.91. The molecule has 0 radical (unpaired) electrons. The normalized spacial score (nSPS) is 8.91. The molecule has 0 bridgehead atoms. The fourth-order valence-corrected chi connectivity index (χ4v) is 1.77. The van der Waals surface area contributed by atoms with Crippen LogP contribution in [0.1, 0.15) is 27.7 Å². The second-order valence-corrected chi connectivity index (χ2v) is 3.84. The van der Waals surface area contributed by atoms with Crippen molar-refractivity contribution in [1.29, 1.82) is 0 Å². The molecule has 0 aromatic carbocycles. The molecule has 0 saturated heterocycles. The molecule has 0 unspecified atom stereocenters. The van der Waals surface area contributed by atoms with E-state index in [0.29, 0.717) is 0 Å². The van der Waals surface area contributed by atoms with Crippen molar-refractivity contribution in [3.8, 4) is 0 Å². The summed E-state index contributed by atoms with van der Waals surface area (Å²) in [6.45, 7) is 8.00. The Hall–Kier alpha value is -2.62. The number of aromatic amines is 2. The molecule has 0 aliphatic heterocycles. The molecule has 0 atom stereocenters. The fraction of sp³-hybridized carbons (Fsp3) is 0.222. The fourth-order valence-electron chi connectivity index (χ4n) is 1.77. The Morgan fingerprint density at radius 3 is 1.41 bits per heavy atom. The van der Waals surface area contributed by atoms with Crippen molar-refractivity contribution in [2.75, 3.05) is 0 Å². The summed E-state index contributed by atoms with van der Waals surface area (Å²) >= 11 is 0. The van der Waals surface area contributed by atoms with Crippen molar-refractivity contribution >= 4 is 22.1 Å².